The van der Waals surface area contributed by atoms with Crippen molar-refractivity contribution in [3.05, 3.63) is 23.2 Å². The smallest absolute Gasteiger partial charge is 1.00 e. The van der Waals surface area contributed by atoms with Gasteiger partial charge in [-0.15, -0.1) is 0 Å². The van der Waals surface area contributed by atoms with Gasteiger partial charge in [0.25, 0.3) is 0 Å². The molecule has 1 aliphatic heterocycles. The number of benzene rings is 1. The summed E-state index contributed by atoms with van der Waals surface area (Å²) in [6.45, 7) is 3.24. The van der Waals surface area contributed by atoms with Crippen LogP contribution in [0.4, 0.5) is 11.4 Å². The summed E-state index contributed by atoms with van der Waals surface area (Å²) in [5, 5.41) is 8.76. The zero-order valence-corrected chi connectivity index (χ0v) is 17.4. The number of morpholine rings is 1. The molecule has 21 heavy (non-hydrogen) atoms. The van der Waals surface area contributed by atoms with Gasteiger partial charge >= 0.3 is 25.2 Å². The van der Waals surface area contributed by atoms with Crippen LogP contribution in [0.25, 0.3) is 4.98 Å². The summed E-state index contributed by atoms with van der Waals surface area (Å²) < 4.78 is 10.4. The summed E-state index contributed by atoms with van der Waals surface area (Å²) in [5.41, 5.74) is 1.51. The number of anilines is 1. The summed E-state index contributed by atoms with van der Waals surface area (Å²) in [6.07, 6.45) is 0. The molecule has 0 spiro atoms. The molecule has 5 nitrogen and oxygen atoms in total. The molecule has 0 atom stereocenters. The Bertz CT molecular complexity index is 428. The zero-order valence-electron chi connectivity index (χ0n) is 11.4. The Kier molecular flexibility index (Phi) is 20.6. The summed E-state index contributed by atoms with van der Waals surface area (Å²) in [4.78, 5) is 5.37. The van der Waals surface area contributed by atoms with Crippen LogP contribution in [0.3, 0.4) is 0 Å². The molecule has 1 aliphatic rings. The Morgan fingerprint density at radius 3 is 2.19 bits per heavy atom. The second-order valence-corrected chi connectivity index (χ2v) is 3.56. The first-order chi connectivity index (χ1) is 7.85. The van der Waals surface area contributed by atoms with Crippen molar-refractivity contribution >= 4 is 11.4 Å². The minimum Gasteiger partial charge on any atom is -1.00 e. The van der Waals surface area contributed by atoms with Gasteiger partial charge in [0.15, 0.2) is 4.98 Å². The van der Waals surface area contributed by atoms with Crippen molar-refractivity contribution in [1.29, 1.82) is 5.39 Å². The van der Waals surface area contributed by atoms with E-state index in [0.717, 1.165) is 32.0 Å². The molecule has 0 amide bonds. The minimum absolute atomic E-state index is 0. The van der Waals surface area contributed by atoms with E-state index in [2.05, 4.69) is 9.88 Å². The van der Waals surface area contributed by atoms with E-state index in [1.54, 1.807) is 13.2 Å². The average molecular weight is 427 g/mol. The number of hydrogen-bond acceptors (Lipinski definition) is 4. The SMILES string of the molecule is COc1cc(N2CCOCC2)ccc1[N+]#N.[Cl-].[Cl-].[Cl-].[Cl-].[Zn+2]. The van der Waals surface area contributed by atoms with Crippen molar-refractivity contribution in [1.82, 2.24) is 0 Å². The number of halogens is 4. The number of ether oxygens (including phenoxy) is 2. The van der Waals surface area contributed by atoms with Gasteiger partial charge < -0.3 is 64.0 Å². The number of nitrogens with zero attached hydrogens (tertiary/aromatic N) is 3. The maximum atomic E-state index is 8.76. The quantitative estimate of drug-likeness (QED) is 0.348. The first-order valence-electron chi connectivity index (χ1n) is 5.21. The largest absolute Gasteiger partial charge is 2.00 e. The predicted octanol–water partition coefficient (Wildman–Crippen LogP) is -9.97. The van der Waals surface area contributed by atoms with E-state index >= 15 is 0 Å². The summed E-state index contributed by atoms with van der Waals surface area (Å²) in [6, 6.07) is 5.53. The van der Waals surface area contributed by atoms with Gasteiger partial charge in [-0.25, -0.2) is 0 Å². The molecule has 0 bridgehead atoms. The Morgan fingerprint density at radius 1 is 1.14 bits per heavy atom. The molecule has 10 heteroatoms. The normalized spacial score (nSPS) is 11.9. The first-order valence-corrected chi connectivity index (χ1v) is 5.21. The molecule has 0 unspecified atom stereocenters. The molecule has 116 valence electrons. The summed E-state index contributed by atoms with van der Waals surface area (Å²) in [7, 11) is 1.56. The number of rotatable bonds is 2. The van der Waals surface area contributed by atoms with E-state index in [1.165, 1.54) is 0 Å². The topological polar surface area (TPSA) is 49.9 Å². The Balaban J connectivity index is -0.000000289. The van der Waals surface area contributed by atoms with Gasteiger partial charge in [0, 0.05) is 30.9 Å². The molecule has 0 N–H and O–H groups in total. The van der Waals surface area contributed by atoms with E-state index in [0.29, 0.717) is 11.4 Å². The van der Waals surface area contributed by atoms with Crippen LogP contribution in [0, 0.1) is 5.39 Å². The van der Waals surface area contributed by atoms with Gasteiger partial charge in [-0.2, -0.15) is 0 Å². The van der Waals surface area contributed by atoms with Gasteiger partial charge in [-0.05, 0) is 6.07 Å². The number of methoxy groups -OCH3 is 1. The van der Waals surface area contributed by atoms with Gasteiger partial charge in [-0.3, -0.25) is 0 Å². The van der Waals surface area contributed by atoms with E-state index in [4.69, 9.17) is 14.9 Å². The summed E-state index contributed by atoms with van der Waals surface area (Å²) in [5.74, 6) is 0.575. The Hall–Kier alpha value is -0.0166. The molecule has 1 aromatic rings. The fraction of sp³-hybridized carbons (Fsp3) is 0.455. The van der Waals surface area contributed by atoms with Gasteiger partial charge in [-0.1, -0.05) is 0 Å². The van der Waals surface area contributed by atoms with E-state index in [-0.39, 0.29) is 69.1 Å². The second kappa shape index (κ2) is 14.9. The van der Waals surface area contributed by atoms with Crippen LogP contribution in [0.2, 0.25) is 0 Å². The van der Waals surface area contributed by atoms with Crippen molar-refractivity contribution in [3.8, 4) is 5.75 Å². The van der Waals surface area contributed by atoms with Crippen LogP contribution in [-0.2, 0) is 24.2 Å². The number of hydrogen-bond donors (Lipinski definition) is 0. The molecule has 0 radical (unpaired) electrons. The second-order valence-electron chi connectivity index (χ2n) is 3.56. The predicted molar refractivity (Wildman–Crippen MR) is 60.8 cm³/mol. The molecule has 2 rings (SSSR count). The van der Waals surface area contributed by atoms with Crippen LogP contribution >= 0.6 is 0 Å². The van der Waals surface area contributed by atoms with Crippen LogP contribution < -0.4 is 59.3 Å². The zero-order chi connectivity index (χ0) is 11.4. The van der Waals surface area contributed by atoms with Gasteiger partial charge in [0.1, 0.15) is 0 Å². The van der Waals surface area contributed by atoms with Gasteiger partial charge in [0.05, 0.1) is 20.3 Å². The average Bonchev–Trinajstić information content (AvgIpc) is 2.39. The van der Waals surface area contributed by atoms with Crippen LogP contribution in [-0.4, -0.2) is 33.4 Å². The third-order valence-electron chi connectivity index (χ3n) is 2.65. The van der Waals surface area contributed by atoms with Crippen molar-refractivity contribution in [3.63, 3.8) is 0 Å². The molecular weight excluding hydrogens is 413 g/mol. The Labute approximate surface area is 162 Å². The third kappa shape index (κ3) is 7.69. The van der Waals surface area contributed by atoms with Crippen molar-refractivity contribution in [2.45, 2.75) is 0 Å². The molecule has 1 fully saturated rings. The first kappa shape index (κ1) is 29.1. The maximum Gasteiger partial charge on any atom is 2.00 e. The third-order valence-corrected chi connectivity index (χ3v) is 2.65. The summed E-state index contributed by atoms with van der Waals surface area (Å²) >= 11 is 0. The Morgan fingerprint density at radius 2 is 1.71 bits per heavy atom. The monoisotopic (exact) mass is 424 g/mol. The van der Waals surface area contributed by atoms with Crippen LogP contribution in [0.1, 0.15) is 0 Å². The molecule has 0 saturated carbocycles. The van der Waals surface area contributed by atoms with E-state index < -0.39 is 0 Å². The van der Waals surface area contributed by atoms with E-state index in [9.17, 15) is 0 Å². The fourth-order valence-electron chi connectivity index (χ4n) is 1.77. The standard InChI is InChI=1S/C11H14N3O2.4ClH.Zn/c1-15-11-8-9(2-3-10(11)13-12)14-4-6-16-7-5-14;;;;;/h2-3,8H,4-7H2,1H3;4*1H;/q+1;;;;;+2/p-4. The fourth-order valence-corrected chi connectivity index (χ4v) is 1.77. The minimum atomic E-state index is 0. The van der Waals surface area contributed by atoms with Gasteiger partial charge in [0.2, 0.25) is 11.1 Å². The van der Waals surface area contributed by atoms with Crippen molar-refractivity contribution in [2.75, 3.05) is 38.3 Å². The van der Waals surface area contributed by atoms with Crippen molar-refractivity contribution in [2.24, 2.45) is 0 Å². The number of diazo groups is 1. The molecule has 0 aromatic heterocycles. The molecule has 0 aliphatic carbocycles. The maximum absolute atomic E-state index is 8.76. The molecule has 1 aromatic carbocycles. The van der Waals surface area contributed by atoms with E-state index in [1.807, 2.05) is 12.1 Å². The molecule has 1 saturated heterocycles. The molecule has 1 heterocycles. The molecular formula is C11H14Cl4N3O2Zn-. The van der Waals surface area contributed by atoms with Crippen LogP contribution in [0.5, 0.6) is 5.75 Å². The van der Waals surface area contributed by atoms with Crippen molar-refractivity contribution < 1.29 is 78.6 Å². The van der Waals surface area contributed by atoms with Crippen LogP contribution in [0.15, 0.2) is 18.2 Å².